The number of carbonyl (C=O) groups excluding carboxylic acids is 3. The Bertz CT molecular complexity index is 1180. The van der Waals surface area contributed by atoms with Crippen molar-refractivity contribution in [2.24, 2.45) is 5.92 Å². The van der Waals surface area contributed by atoms with Gasteiger partial charge in [0.25, 0.3) is 5.91 Å². The second-order valence-electron chi connectivity index (χ2n) is 11.6. The van der Waals surface area contributed by atoms with Gasteiger partial charge in [-0.05, 0) is 39.3 Å². The van der Waals surface area contributed by atoms with Crippen molar-refractivity contribution in [1.29, 1.82) is 0 Å². The molecule has 1 unspecified atom stereocenters. The van der Waals surface area contributed by atoms with Gasteiger partial charge in [0, 0.05) is 28.6 Å². The van der Waals surface area contributed by atoms with Crippen LogP contribution >= 0.6 is 22.6 Å². The predicted octanol–water partition coefficient (Wildman–Crippen LogP) is 2.77. The Morgan fingerprint density at radius 2 is 1.63 bits per heavy atom. The van der Waals surface area contributed by atoms with E-state index in [9.17, 15) is 22.8 Å². The van der Waals surface area contributed by atoms with Crippen molar-refractivity contribution in [3.05, 3.63) is 47.5 Å². The van der Waals surface area contributed by atoms with Gasteiger partial charge in [0.05, 0.1) is 24.4 Å². The fourth-order valence-corrected chi connectivity index (χ4v) is 5.86. The summed E-state index contributed by atoms with van der Waals surface area (Å²) in [5, 5.41) is 6.12. The molecule has 1 aromatic carbocycles. The maximum atomic E-state index is 13.9. The Hall–Kier alpha value is -2.03. The molecule has 0 saturated heterocycles. The number of sulfonamides is 1. The van der Waals surface area contributed by atoms with Crippen molar-refractivity contribution in [2.75, 3.05) is 33.6 Å². The summed E-state index contributed by atoms with van der Waals surface area (Å²) < 4.78 is 30.5. The van der Waals surface area contributed by atoms with Crippen LogP contribution in [0.5, 0.6) is 0 Å². The summed E-state index contributed by atoms with van der Waals surface area (Å²) in [5.41, 5.74) is 0.552. The van der Waals surface area contributed by atoms with Crippen LogP contribution in [0.4, 0.5) is 0 Å². The van der Waals surface area contributed by atoms with Gasteiger partial charge in [-0.25, -0.2) is 13.1 Å². The van der Waals surface area contributed by atoms with Crippen LogP contribution in [-0.2, 0) is 34.6 Å². The third kappa shape index (κ3) is 10.6. The number of hydrogen-bond acceptors (Lipinski definition) is 7. The van der Waals surface area contributed by atoms with Crippen LogP contribution < -0.4 is 15.4 Å². The lowest BCUT2D eigenvalue weighted by molar-refractivity contribution is -0.138. The summed E-state index contributed by atoms with van der Waals surface area (Å²) in [4.78, 5) is 41.8. The van der Waals surface area contributed by atoms with E-state index in [-0.39, 0.29) is 35.7 Å². The normalized spacial score (nSPS) is 15.2. The molecule has 3 atom stereocenters. The summed E-state index contributed by atoms with van der Waals surface area (Å²) in [6.45, 7) is 12.9. The zero-order valence-corrected chi connectivity index (χ0v) is 28.8. The van der Waals surface area contributed by atoms with E-state index in [0.29, 0.717) is 0 Å². The first kappa shape index (κ1) is 37.0. The first-order valence-electron chi connectivity index (χ1n) is 13.5. The molecule has 0 aromatic heterocycles. The second kappa shape index (κ2) is 15.4. The molecule has 0 aliphatic heterocycles. The number of hydrogen-bond donors (Lipinski definition) is 3. The second-order valence-corrected chi connectivity index (χ2v) is 16.2. The van der Waals surface area contributed by atoms with Crippen LogP contribution in [-0.4, -0.2) is 86.2 Å². The number of halogens is 1. The van der Waals surface area contributed by atoms with Crippen LogP contribution in [0.1, 0.15) is 54.0 Å². The van der Waals surface area contributed by atoms with Crippen LogP contribution in [0.3, 0.4) is 0 Å². The number of nitrogens with zero attached hydrogens (tertiary/aromatic N) is 1. The molecule has 0 bridgehead atoms. The first-order valence-corrected chi connectivity index (χ1v) is 16.2. The van der Waals surface area contributed by atoms with E-state index in [0.717, 1.165) is 5.56 Å². The molecule has 0 heterocycles. The minimum absolute atomic E-state index is 0.0482. The summed E-state index contributed by atoms with van der Waals surface area (Å²) in [6, 6.07) is 7.64. The minimum atomic E-state index is -3.87. The van der Waals surface area contributed by atoms with E-state index in [4.69, 9.17) is 4.74 Å². The Morgan fingerprint density at radius 1 is 1.07 bits per heavy atom. The number of carbonyl (C=O) groups is 3. The number of nitrogens with one attached hydrogen (secondary N) is 3. The molecular weight excluding hydrogens is 659 g/mol. The zero-order chi connectivity index (χ0) is 31.8. The lowest BCUT2D eigenvalue weighted by Crippen LogP contribution is -2.62. The monoisotopic (exact) mass is 706 g/mol. The van der Waals surface area contributed by atoms with E-state index in [1.54, 1.807) is 20.2 Å². The standard InChI is InChI=1S/C29H47IN4O6S/c1-19(2)22(18-20(3)25(35)33-41(38,39)17-16-40-10)34(9)27(37)24(29(6,7)30)32-26(36)23(31-8)28(4,5)21-14-12-11-13-15-21/h11-15,18-19,22-24,31H,16-17H2,1-10H3,(H,32,36)(H,33,35)/b20-18+/t22-,23?,24-/m1/s1. The topological polar surface area (TPSA) is 134 Å². The summed E-state index contributed by atoms with van der Waals surface area (Å²) >= 11 is 2.15. The number of benzene rings is 1. The van der Waals surface area contributed by atoms with Crippen LogP contribution in [0.2, 0.25) is 0 Å². The molecule has 1 rings (SSSR count). The van der Waals surface area contributed by atoms with Gasteiger partial charge in [-0.2, -0.15) is 0 Å². The Balaban J connectivity index is 3.28. The van der Waals surface area contributed by atoms with Gasteiger partial charge in [-0.3, -0.25) is 14.4 Å². The first-order chi connectivity index (χ1) is 18.8. The number of methoxy groups -OCH3 is 1. The van der Waals surface area contributed by atoms with Crippen molar-refractivity contribution in [3.8, 4) is 0 Å². The number of ether oxygens (including phenoxy) is 1. The maximum Gasteiger partial charge on any atom is 0.260 e. The average molecular weight is 707 g/mol. The molecule has 3 N–H and O–H groups in total. The highest BCUT2D eigenvalue weighted by Crippen LogP contribution is 2.29. The van der Waals surface area contributed by atoms with Crippen LogP contribution in [0.25, 0.3) is 0 Å². The lowest BCUT2D eigenvalue weighted by atomic mass is 9.77. The largest absolute Gasteiger partial charge is 0.384 e. The molecule has 3 amide bonds. The quantitative estimate of drug-likeness (QED) is 0.145. The summed E-state index contributed by atoms with van der Waals surface area (Å²) in [5.74, 6) is -1.89. The van der Waals surface area contributed by atoms with Crippen molar-refractivity contribution in [3.63, 3.8) is 0 Å². The molecule has 1 aromatic rings. The van der Waals surface area contributed by atoms with E-state index in [1.807, 2.05) is 76.6 Å². The average Bonchev–Trinajstić information content (AvgIpc) is 2.87. The zero-order valence-electron chi connectivity index (χ0n) is 25.9. The highest BCUT2D eigenvalue weighted by Gasteiger charge is 2.42. The molecule has 12 heteroatoms. The highest BCUT2D eigenvalue weighted by atomic mass is 127. The molecule has 0 spiro atoms. The van der Waals surface area contributed by atoms with Gasteiger partial charge in [0.15, 0.2) is 0 Å². The van der Waals surface area contributed by atoms with E-state index >= 15 is 0 Å². The smallest absolute Gasteiger partial charge is 0.260 e. The fourth-order valence-electron chi connectivity index (χ4n) is 4.51. The Morgan fingerprint density at radius 3 is 2.10 bits per heavy atom. The van der Waals surface area contributed by atoms with Crippen molar-refractivity contribution in [2.45, 2.75) is 75.4 Å². The van der Waals surface area contributed by atoms with Crippen LogP contribution in [0, 0.1) is 5.92 Å². The number of rotatable bonds is 15. The molecule has 232 valence electrons. The van der Waals surface area contributed by atoms with Crippen LogP contribution in [0.15, 0.2) is 42.0 Å². The molecule has 41 heavy (non-hydrogen) atoms. The van der Waals surface area contributed by atoms with Crippen molar-refractivity contribution in [1.82, 2.24) is 20.3 Å². The van der Waals surface area contributed by atoms with Gasteiger partial charge < -0.3 is 20.3 Å². The van der Waals surface area contributed by atoms with E-state index < -0.39 is 42.9 Å². The highest BCUT2D eigenvalue weighted by molar-refractivity contribution is 14.1. The van der Waals surface area contributed by atoms with Gasteiger partial charge in [0.2, 0.25) is 21.8 Å². The third-order valence-electron chi connectivity index (χ3n) is 7.07. The molecule has 0 aliphatic carbocycles. The van der Waals surface area contributed by atoms with Crippen molar-refractivity contribution < 1.29 is 27.5 Å². The Kier molecular flexibility index (Phi) is 13.9. The maximum absolute atomic E-state index is 13.9. The number of amides is 3. The van der Waals surface area contributed by atoms with Crippen molar-refractivity contribution >= 4 is 50.3 Å². The molecule has 10 nitrogen and oxygen atoms in total. The van der Waals surface area contributed by atoms with E-state index in [2.05, 4.69) is 33.2 Å². The van der Waals surface area contributed by atoms with Gasteiger partial charge >= 0.3 is 0 Å². The number of alkyl halides is 1. The SMILES string of the molecule is CNC(C(=O)N[C@H](C(=O)N(C)[C@H](/C=C(\C)C(=O)NS(=O)(=O)CCOC)C(C)C)C(C)(C)I)C(C)(C)c1ccccc1. The van der Waals surface area contributed by atoms with E-state index in [1.165, 1.54) is 18.9 Å². The predicted molar refractivity (Wildman–Crippen MR) is 171 cm³/mol. The molecule has 0 radical (unpaired) electrons. The van der Waals surface area contributed by atoms with Gasteiger partial charge in [-0.1, -0.05) is 86.7 Å². The lowest BCUT2D eigenvalue weighted by Gasteiger charge is -2.39. The third-order valence-corrected chi connectivity index (χ3v) is 8.89. The molecular formula is C29H47IN4O6S. The minimum Gasteiger partial charge on any atom is -0.384 e. The molecule has 0 fully saturated rings. The fraction of sp³-hybridized carbons (Fsp3) is 0.621. The number of likely N-dealkylation sites (N-methyl/N-ethyl adjacent to an activating group) is 2. The summed E-state index contributed by atoms with van der Waals surface area (Å²) in [7, 11) is 0.841. The summed E-state index contributed by atoms with van der Waals surface area (Å²) in [6.07, 6.45) is 1.58. The molecule has 0 aliphatic rings. The van der Waals surface area contributed by atoms with Gasteiger partial charge in [-0.15, -0.1) is 0 Å². The Labute approximate surface area is 259 Å². The van der Waals surface area contributed by atoms with Gasteiger partial charge in [0.1, 0.15) is 6.04 Å². The molecule has 0 saturated carbocycles.